The van der Waals surface area contributed by atoms with Gasteiger partial charge in [-0.1, -0.05) is 29.0 Å². The highest BCUT2D eigenvalue weighted by Crippen LogP contribution is 2.22. The smallest absolute Gasteiger partial charge is 0.326 e. The third kappa shape index (κ3) is 5.61. The number of rotatable bonds is 7. The van der Waals surface area contributed by atoms with Crippen molar-refractivity contribution in [1.82, 2.24) is 4.57 Å². The molecule has 0 spiro atoms. The molecule has 0 aliphatic carbocycles. The average molecular weight is 443 g/mol. The summed E-state index contributed by atoms with van der Waals surface area (Å²) in [4.78, 5) is 30.7. The number of hydrogen-bond donors (Lipinski definition) is 0. The fraction of sp³-hybridized carbons (Fsp3) is 0.348. The Balaban J connectivity index is 1.83. The predicted octanol–water partition coefficient (Wildman–Crippen LogP) is 4.80. The van der Waals surface area contributed by atoms with Gasteiger partial charge in [0.05, 0.1) is 16.8 Å². The zero-order chi connectivity index (χ0) is 21.7. The Morgan fingerprint density at radius 1 is 1.10 bits per heavy atom. The predicted molar refractivity (Wildman–Crippen MR) is 123 cm³/mol. The lowest BCUT2D eigenvalue weighted by atomic mass is 10.1. The van der Waals surface area contributed by atoms with E-state index in [4.69, 9.17) is 4.74 Å². The Morgan fingerprint density at radius 3 is 2.50 bits per heavy atom. The van der Waals surface area contributed by atoms with Crippen molar-refractivity contribution in [2.24, 2.45) is 4.99 Å². The van der Waals surface area contributed by atoms with Gasteiger partial charge in [-0.25, -0.2) is 0 Å². The van der Waals surface area contributed by atoms with Gasteiger partial charge in [0.2, 0.25) is 5.91 Å². The topological polar surface area (TPSA) is 60.7 Å². The first kappa shape index (κ1) is 22.3. The van der Waals surface area contributed by atoms with Gasteiger partial charge in [-0.15, -0.1) is 11.8 Å². The molecule has 3 rings (SSSR count). The Morgan fingerprint density at radius 2 is 1.80 bits per heavy atom. The second-order valence-corrected chi connectivity index (χ2v) is 9.27. The molecule has 5 nitrogen and oxygen atoms in total. The molecule has 0 radical (unpaired) electrons. The number of ether oxygens (including phenoxy) is 1. The minimum atomic E-state index is -0.334. The molecule has 0 aliphatic rings. The van der Waals surface area contributed by atoms with Crippen molar-refractivity contribution in [3.8, 4) is 0 Å². The number of thiazole rings is 1. The van der Waals surface area contributed by atoms with Crippen LogP contribution in [0.2, 0.25) is 0 Å². The molecule has 1 heterocycles. The minimum Gasteiger partial charge on any atom is -0.465 e. The van der Waals surface area contributed by atoms with Gasteiger partial charge in [-0.3, -0.25) is 9.59 Å². The summed E-state index contributed by atoms with van der Waals surface area (Å²) in [6.45, 7) is 8.28. The van der Waals surface area contributed by atoms with E-state index in [0.29, 0.717) is 23.6 Å². The van der Waals surface area contributed by atoms with Crippen LogP contribution in [0.4, 0.5) is 0 Å². The van der Waals surface area contributed by atoms with Crippen LogP contribution >= 0.6 is 23.1 Å². The molecule has 1 amide bonds. The van der Waals surface area contributed by atoms with Gasteiger partial charge in [0, 0.05) is 17.1 Å². The zero-order valence-corrected chi connectivity index (χ0v) is 19.4. The number of aryl methyl sites for hydroxylation is 3. The maximum atomic E-state index is 12.5. The largest absolute Gasteiger partial charge is 0.465 e. The van der Waals surface area contributed by atoms with E-state index >= 15 is 0 Å². The fourth-order valence-corrected chi connectivity index (χ4v) is 4.92. The summed E-state index contributed by atoms with van der Waals surface area (Å²) in [6, 6.07) is 12.4. The fourth-order valence-electron chi connectivity index (χ4n) is 2.95. The van der Waals surface area contributed by atoms with Gasteiger partial charge in [0.15, 0.2) is 4.80 Å². The summed E-state index contributed by atoms with van der Waals surface area (Å²) >= 11 is 3.07. The van der Waals surface area contributed by atoms with Crippen molar-refractivity contribution in [3.05, 3.63) is 57.9 Å². The molecule has 0 saturated carbocycles. The second-order valence-electron chi connectivity index (χ2n) is 7.10. The SMILES string of the molecule is CCOC(=O)Cn1c(=NC(=O)CCSc2ccc(C)cc2)sc2cc(C)c(C)cc21. The molecule has 0 bridgehead atoms. The van der Waals surface area contributed by atoms with Crippen LogP contribution in [0.15, 0.2) is 46.3 Å². The van der Waals surface area contributed by atoms with Gasteiger partial charge in [0.25, 0.3) is 0 Å². The summed E-state index contributed by atoms with van der Waals surface area (Å²) in [5.41, 5.74) is 4.41. The van der Waals surface area contributed by atoms with Gasteiger partial charge >= 0.3 is 5.97 Å². The van der Waals surface area contributed by atoms with Crippen LogP contribution in [0.1, 0.15) is 30.0 Å². The summed E-state index contributed by atoms with van der Waals surface area (Å²) in [5, 5.41) is 0. The molecule has 1 aromatic heterocycles. The normalized spacial score (nSPS) is 11.8. The first-order valence-corrected chi connectivity index (χ1v) is 11.7. The molecular weight excluding hydrogens is 416 g/mol. The number of aromatic nitrogens is 1. The number of carbonyl (C=O) groups is 2. The van der Waals surface area contributed by atoms with E-state index in [9.17, 15) is 9.59 Å². The number of benzene rings is 2. The van der Waals surface area contributed by atoms with E-state index in [1.54, 1.807) is 23.3 Å². The minimum absolute atomic E-state index is 0.0422. The molecule has 0 saturated heterocycles. The summed E-state index contributed by atoms with van der Waals surface area (Å²) in [7, 11) is 0. The van der Waals surface area contributed by atoms with E-state index in [2.05, 4.69) is 49.2 Å². The maximum Gasteiger partial charge on any atom is 0.326 e. The number of carbonyl (C=O) groups excluding carboxylic acids is 2. The Hall–Kier alpha value is -2.38. The van der Waals surface area contributed by atoms with Crippen LogP contribution < -0.4 is 4.80 Å². The molecule has 7 heteroatoms. The molecule has 0 N–H and O–H groups in total. The third-order valence-corrected chi connectivity index (χ3v) is 6.77. The number of nitrogens with zero attached hydrogens (tertiary/aromatic N) is 2. The van der Waals surface area contributed by atoms with Crippen LogP contribution in [0, 0.1) is 20.8 Å². The zero-order valence-electron chi connectivity index (χ0n) is 17.7. The van der Waals surface area contributed by atoms with E-state index in [1.807, 2.05) is 13.0 Å². The standard InChI is InChI=1S/C23H26N2O3S2/c1-5-28-22(27)14-25-19-12-16(3)17(4)13-20(19)30-23(25)24-21(26)10-11-29-18-8-6-15(2)7-9-18/h6-9,12-13H,5,10-11,14H2,1-4H3. The Bertz CT molecular complexity index is 1130. The van der Waals surface area contributed by atoms with Crippen molar-refractivity contribution in [1.29, 1.82) is 0 Å². The molecule has 30 heavy (non-hydrogen) atoms. The van der Waals surface area contributed by atoms with Crippen molar-refractivity contribution in [2.75, 3.05) is 12.4 Å². The number of thioether (sulfide) groups is 1. The van der Waals surface area contributed by atoms with Crippen molar-refractivity contribution >= 4 is 45.2 Å². The highest BCUT2D eigenvalue weighted by Gasteiger charge is 2.13. The maximum absolute atomic E-state index is 12.5. The summed E-state index contributed by atoms with van der Waals surface area (Å²) in [5.74, 6) is 0.137. The van der Waals surface area contributed by atoms with E-state index in [1.165, 1.54) is 22.5 Å². The van der Waals surface area contributed by atoms with Crippen LogP contribution in [0.25, 0.3) is 10.2 Å². The van der Waals surface area contributed by atoms with Crippen LogP contribution in [0.5, 0.6) is 0 Å². The Kier molecular flexibility index (Phi) is 7.50. The quantitative estimate of drug-likeness (QED) is 0.389. The van der Waals surface area contributed by atoms with E-state index in [-0.39, 0.29) is 18.4 Å². The summed E-state index contributed by atoms with van der Waals surface area (Å²) < 4.78 is 7.91. The lowest BCUT2D eigenvalue weighted by Crippen LogP contribution is -2.23. The lowest BCUT2D eigenvalue weighted by Gasteiger charge is -2.06. The lowest BCUT2D eigenvalue weighted by molar-refractivity contribution is -0.143. The van der Waals surface area contributed by atoms with Crippen LogP contribution in [-0.4, -0.2) is 28.8 Å². The van der Waals surface area contributed by atoms with Crippen LogP contribution in [-0.2, 0) is 20.9 Å². The highest BCUT2D eigenvalue weighted by atomic mass is 32.2. The molecular formula is C23H26N2O3S2. The molecule has 2 aromatic carbocycles. The molecule has 158 valence electrons. The van der Waals surface area contributed by atoms with Gasteiger partial charge in [-0.05, 0) is 63.1 Å². The Labute approximate surface area is 184 Å². The van der Waals surface area contributed by atoms with Crippen LogP contribution in [0.3, 0.4) is 0 Å². The number of hydrogen-bond acceptors (Lipinski definition) is 5. The average Bonchev–Trinajstić information content (AvgIpc) is 3.00. The number of esters is 1. The first-order valence-electron chi connectivity index (χ1n) is 9.90. The molecule has 0 aliphatic heterocycles. The third-order valence-electron chi connectivity index (χ3n) is 4.72. The monoisotopic (exact) mass is 442 g/mol. The molecule has 0 atom stereocenters. The molecule has 0 unspecified atom stereocenters. The molecule has 0 fully saturated rings. The first-order chi connectivity index (χ1) is 14.4. The summed E-state index contributed by atoms with van der Waals surface area (Å²) in [6.07, 6.45) is 0.338. The van der Waals surface area contributed by atoms with Gasteiger partial charge in [0.1, 0.15) is 6.54 Å². The second kappa shape index (κ2) is 10.1. The molecule has 3 aromatic rings. The van der Waals surface area contributed by atoms with Crippen molar-refractivity contribution < 1.29 is 14.3 Å². The van der Waals surface area contributed by atoms with Gasteiger partial charge in [-0.2, -0.15) is 4.99 Å². The van der Waals surface area contributed by atoms with Gasteiger partial charge < -0.3 is 9.30 Å². The van der Waals surface area contributed by atoms with Crippen molar-refractivity contribution in [2.45, 2.75) is 45.6 Å². The van der Waals surface area contributed by atoms with E-state index < -0.39 is 0 Å². The number of fused-ring (bicyclic) bond motifs is 1. The number of amides is 1. The van der Waals surface area contributed by atoms with E-state index in [0.717, 1.165) is 20.7 Å². The van der Waals surface area contributed by atoms with Crippen molar-refractivity contribution in [3.63, 3.8) is 0 Å². The highest BCUT2D eigenvalue weighted by molar-refractivity contribution is 7.99.